The molecule has 2 rings (SSSR count). The normalized spacial score (nSPS) is 11.7. The summed E-state index contributed by atoms with van der Waals surface area (Å²) in [6, 6.07) is 4.69. The number of thiazole rings is 1. The third kappa shape index (κ3) is 4.14. The molecule has 21 heavy (non-hydrogen) atoms. The van der Waals surface area contributed by atoms with E-state index in [1.54, 1.807) is 0 Å². The van der Waals surface area contributed by atoms with E-state index in [2.05, 4.69) is 4.98 Å². The number of Topliss-reactive ketones (excluding diaryl/α,β-unsaturated/α-hetero) is 1. The van der Waals surface area contributed by atoms with Crippen LogP contribution in [0.25, 0.3) is 0 Å². The topological polar surface area (TPSA) is 30.0 Å². The summed E-state index contributed by atoms with van der Waals surface area (Å²) >= 11 is 1.48. The molecular formula is C15H14F3NOS. The SMILES string of the molecule is Cc1nc(CC(=O)Cc2ccc(C(F)(F)F)cc2)sc1C. The van der Waals surface area contributed by atoms with Gasteiger partial charge in [0.25, 0.3) is 0 Å². The fourth-order valence-corrected chi connectivity index (χ4v) is 2.85. The zero-order chi connectivity index (χ0) is 15.6. The van der Waals surface area contributed by atoms with Crippen LogP contribution >= 0.6 is 11.3 Å². The number of halogens is 3. The molecule has 1 heterocycles. The van der Waals surface area contributed by atoms with Crippen LogP contribution in [0.4, 0.5) is 13.2 Å². The Morgan fingerprint density at radius 3 is 2.24 bits per heavy atom. The summed E-state index contributed by atoms with van der Waals surface area (Å²) in [6.07, 6.45) is -4.01. The standard InChI is InChI=1S/C15H14F3NOS/c1-9-10(2)21-14(19-9)8-13(20)7-11-3-5-12(6-4-11)15(16,17)18/h3-6H,7-8H2,1-2H3. The van der Waals surface area contributed by atoms with Crippen LogP contribution in [0.3, 0.4) is 0 Å². The second kappa shape index (κ2) is 5.97. The second-order valence-corrected chi connectivity index (χ2v) is 6.12. The van der Waals surface area contributed by atoms with Crippen molar-refractivity contribution in [3.8, 4) is 0 Å². The fraction of sp³-hybridized carbons (Fsp3) is 0.333. The Morgan fingerprint density at radius 2 is 1.76 bits per heavy atom. The van der Waals surface area contributed by atoms with Gasteiger partial charge in [-0.1, -0.05) is 12.1 Å². The number of hydrogen-bond donors (Lipinski definition) is 0. The predicted molar refractivity (Wildman–Crippen MR) is 75.4 cm³/mol. The first kappa shape index (κ1) is 15.7. The van der Waals surface area contributed by atoms with Gasteiger partial charge < -0.3 is 0 Å². The molecule has 0 bridgehead atoms. The molecule has 0 fully saturated rings. The lowest BCUT2D eigenvalue weighted by atomic mass is 10.1. The lowest BCUT2D eigenvalue weighted by Crippen LogP contribution is -2.08. The monoisotopic (exact) mass is 313 g/mol. The third-order valence-corrected chi connectivity index (χ3v) is 4.18. The van der Waals surface area contributed by atoms with Crippen LogP contribution in [0.15, 0.2) is 24.3 Å². The molecule has 1 aromatic heterocycles. The molecule has 0 radical (unpaired) electrons. The van der Waals surface area contributed by atoms with Gasteiger partial charge in [-0.2, -0.15) is 13.2 Å². The summed E-state index contributed by atoms with van der Waals surface area (Å²) in [6.45, 7) is 3.83. The molecule has 0 spiro atoms. The van der Waals surface area contributed by atoms with Crippen LogP contribution in [0, 0.1) is 13.8 Å². The zero-order valence-corrected chi connectivity index (χ0v) is 12.4. The lowest BCUT2D eigenvalue weighted by molar-refractivity contribution is -0.137. The molecule has 0 unspecified atom stereocenters. The number of carbonyl (C=O) groups is 1. The van der Waals surface area contributed by atoms with Gasteiger partial charge in [-0.15, -0.1) is 11.3 Å². The molecule has 1 aromatic carbocycles. The van der Waals surface area contributed by atoms with Crippen molar-refractivity contribution in [2.24, 2.45) is 0 Å². The number of benzene rings is 1. The number of ketones is 1. The molecule has 0 amide bonds. The van der Waals surface area contributed by atoms with E-state index in [1.807, 2.05) is 13.8 Å². The number of alkyl halides is 3. The Balaban J connectivity index is 1.99. The first-order valence-corrected chi connectivity index (χ1v) is 7.18. The number of aryl methyl sites for hydroxylation is 2. The Hall–Kier alpha value is -1.69. The maximum absolute atomic E-state index is 12.4. The first-order chi connectivity index (χ1) is 9.75. The van der Waals surface area contributed by atoms with Gasteiger partial charge in [0, 0.05) is 11.3 Å². The van der Waals surface area contributed by atoms with E-state index in [4.69, 9.17) is 0 Å². The van der Waals surface area contributed by atoms with Crippen molar-refractivity contribution in [2.75, 3.05) is 0 Å². The Labute approximate surface area is 124 Å². The van der Waals surface area contributed by atoms with Crippen molar-refractivity contribution in [3.63, 3.8) is 0 Å². The number of rotatable bonds is 4. The van der Waals surface area contributed by atoms with Crippen molar-refractivity contribution >= 4 is 17.1 Å². The average Bonchev–Trinajstić information content (AvgIpc) is 2.67. The summed E-state index contributed by atoms with van der Waals surface area (Å²) in [5.74, 6) is -0.0523. The third-order valence-electron chi connectivity index (χ3n) is 3.10. The second-order valence-electron chi connectivity index (χ2n) is 4.84. The molecule has 0 aliphatic heterocycles. The minimum atomic E-state index is -4.35. The Bertz CT molecular complexity index is 624. The quantitative estimate of drug-likeness (QED) is 0.849. The molecule has 112 valence electrons. The molecule has 2 nitrogen and oxygen atoms in total. The van der Waals surface area contributed by atoms with Gasteiger partial charge in [0.05, 0.1) is 17.7 Å². The van der Waals surface area contributed by atoms with Crippen LogP contribution in [-0.4, -0.2) is 10.8 Å². The van der Waals surface area contributed by atoms with Crippen LogP contribution in [0.1, 0.15) is 26.7 Å². The summed E-state index contributed by atoms with van der Waals surface area (Å²) < 4.78 is 37.3. The zero-order valence-electron chi connectivity index (χ0n) is 11.6. The molecule has 6 heteroatoms. The number of nitrogens with zero attached hydrogens (tertiary/aromatic N) is 1. The average molecular weight is 313 g/mol. The van der Waals surface area contributed by atoms with E-state index < -0.39 is 11.7 Å². The van der Waals surface area contributed by atoms with Gasteiger partial charge in [0.2, 0.25) is 0 Å². The van der Waals surface area contributed by atoms with Gasteiger partial charge in [0.1, 0.15) is 10.8 Å². The summed E-state index contributed by atoms with van der Waals surface area (Å²) in [5.41, 5.74) is 0.792. The van der Waals surface area contributed by atoms with Gasteiger partial charge in [-0.3, -0.25) is 4.79 Å². The lowest BCUT2D eigenvalue weighted by Gasteiger charge is -2.07. The number of hydrogen-bond acceptors (Lipinski definition) is 3. The van der Waals surface area contributed by atoms with Gasteiger partial charge >= 0.3 is 6.18 Å². The van der Waals surface area contributed by atoms with E-state index in [-0.39, 0.29) is 18.6 Å². The van der Waals surface area contributed by atoms with Gasteiger partial charge in [-0.05, 0) is 31.5 Å². The molecular weight excluding hydrogens is 299 g/mol. The van der Waals surface area contributed by atoms with Crippen molar-refractivity contribution in [3.05, 3.63) is 51.0 Å². The van der Waals surface area contributed by atoms with Crippen LogP contribution in [0.2, 0.25) is 0 Å². The molecule has 0 aliphatic rings. The van der Waals surface area contributed by atoms with E-state index in [1.165, 1.54) is 23.5 Å². The molecule has 0 atom stereocenters. The highest BCUT2D eigenvalue weighted by molar-refractivity contribution is 7.11. The molecule has 0 aliphatic carbocycles. The van der Waals surface area contributed by atoms with E-state index in [0.717, 1.165) is 27.7 Å². The van der Waals surface area contributed by atoms with Crippen LogP contribution in [0.5, 0.6) is 0 Å². The highest BCUT2D eigenvalue weighted by Crippen LogP contribution is 2.29. The first-order valence-electron chi connectivity index (χ1n) is 6.36. The number of aromatic nitrogens is 1. The Kier molecular flexibility index (Phi) is 4.46. The van der Waals surface area contributed by atoms with E-state index in [9.17, 15) is 18.0 Å². The van der Waals surface area contributed by atoms with Gasteiger partial charge in [-0.25, -0.2) is 4.98 Å². The molecule has 0 saturated heterocycles. The largest absolute Gasteiger partial charge is 0.416 e. The van der Waals surface area contributed by atoms with E-state index in [0.29, 0.717) is 5.56 Å². The maximum atomic E-state index is 12.4. The highest BCUT2D eigenvalue weighted by Gasteiger charge is 2.29. The predicted octanol–water partition coefficient (Wildman–Crippen LogP) is 4.13. The minimum absolute atomic E-state index is 0.0523. The molecule has 2 aromatic rings. The highest BCUT2D eigenvalue weighted by atomic mass is 32.1. The van der Waals surface area contributed by atoms with Crippen LogP contribution < -0.4 is 0 Å². The fourth-order valence-electron chi connectivity index (χ4n) is 1.89. The molecule has 0 N–H and O–H groups in total. The molecule has 0 saturated carbocycles. The van der Waals surface area contributed by atoms with Crippen molar-refractivity contribution in [1.29, 1.82) is 0 Å². The van der Waals surface area contributed by atoms with Crippen LogP contribution in [-0.2, 0) is 23.8 Å². The van der Waals surface area contributed by atoms with Crippen molar-refractivity contribution in [1.82, 2.24) is 4.98 Å². The Morgan fingerprint density at radius 1 is 1.14 bits per heavy atom. The van der Waals surface area contributed by atoms with Crippen molar-refractivity contribution < 1.29 is 18.0 Å². The summed E-state index contributed by atoms with van der Waals surface area (Å²) in [4.78, 5) is 17.3. The summed E-state index contributed by atoms with van der Waals surface area (Å²) in [7, 11) is 0. The van der Waals surface area contributed by atoms with E-state index >= 15 is 0 Å². The minimum Gasteiger partial charge on any atom is -0.299 e. The number of carbonyl (C=O) groups excluding carboxylic acids is 1. The maximum Gasteiger partial charge on any atom is 0.416 e. The van der Waals surface area contributed by atoms with Gasteiger partial charge in [0.15, 0.2) is 0 Å². The van der Waals surface area contributed by atoms with Crippen molar-refractivity contribution in [2.45, 2.75) is 32.9 Å². The smallest absolute Gasteiger partial charge is 0.299 e. The summed E-state index contributed by atoms with van der Waals surface area (Å²) in [5, 5.41) is 0.752.